The van der Waals surface area contributed by atoms with Gasteiger partial charge >= 0.3 is 0 Å². The zero-order chi connectivity index (χ0) is 16.9. The molecule has 3 rings (SSSR count). The summed E-state index contributed by atoms with van der Waals surface area (Å²) in [5.41, 5.74) is 3.03. The second-order valence-corrected chi connectivity index (χ2v) is 6.17. The molecule has 0 aliphatic carbocycles. The van der Waals surface area contributed by atoms with Crippen molar-refractivity contribution < 1.29 is 4.79 Å². The molecule has 3 aromatic rings. The van der Waals surface area contributed by atoms with Gasteiger partial charge in [-0.25, -0.2) is 0 Å². The van der Waals surface area contributed by atoms with Gasteiger partial charge in [0.2, 0.25) is 0 Å². The van der Waals surface area contributed by atoms with Crippen molar-refractivity contribution in [3.05, 3.63) is 83.1 Å². The summed E-state index contributed by atoms with van der Waals surface area (Å²) in [5, 5.41) is 2.85. The SMILES string of the molecule is CN(c1ccccc1)c1ccnc(C(=O)Nc2cccc(Br)c2)c1. The van der Waals surface area contributed by atoms with Crippen LogP contribution in [0.25, 0.3) is 0 Å². The van der Waals surface area contributed by atoms with E-state index >= 15 is 0 Å². The molecule has 4 nitrogen and oxygen atoms in total. The Morgan fingerprint density at radius 1 is 1.00 bits per heavy atom. The van der Waals surface area contributed by atoms with Crippen LogP contribution in [0.3, 0.4) is 0 Å². The number of benzene rings is 2. The van der Waals surface area contributed by atoms with Gasteiger partial charge in [-0.2, -0.15) is 0 Å². The van der Waals surface area contributed by atoms with Gasteiger partial charge in [0.1, 0.15) is 5.69 Å². The number of para-hydroxylation sites is 1. The maximum Gasteiger partial charge on any atom is 0.274 e. The Labute approximate surface area is 149 Å². The number of carbonyl (C=O) groups excluding carboxylic acids is 1. The van der Waals surface area contributed by atoms with Crippen LogP contribution in [0.5, 0.6) is 0 Å². The maximum absolute atomic E-state index is 12.4. The van der Waals surface area contributed by atoms with Crippen molar-refractivity contribution in [3.8, 4) is 0 Å². The fourth-order valence-electron chi connectivity index (χ4n) is 2.31. The van der Waals surface area contributed by atoms with Crippen LogP contribution in [0, 0.1) is 0 Å². The van der Waals surface area contributed by atoms with Crippen molar-refractivity contribution in [2.24, 2.45) is 0 Å². The fourth-order valence-corrected chi connectivity index (χ4v) is 2.71. The first-order valence-corrected chi connectivity index (χ1v) is 8.24. The number of hydrogen-bond donors (Lipinski definition) is 1. The van der Waals surface area contributed by atoms with Crippen LogP contribution in [-0.4, -0.2) is 17.9 Å². The second-order valence-electron chi connectivity index (χ2n) is 5.26. The van der Waals surface area contributed by atoms with E-state index in [1.54, 1.807) is 12.3 Å². The van der Waals surface area contributed by atoms with Gasteiger partial charge < -0.3 is 10.2 Å². The highest BCUT2D eigenvalue weighted by Crippen LogP contribution is 2.23. The number of rotatable bonds is 4. The third-order valence-corrected chi connectivity index (χ3v) is 4.08. The lowest BCUT2D eigenvalue weighted by Crippen LogP contribution is -2.15. The molecule has 1 N–H and O–H groups in total. The molecule has 0 atom stereocenters. The number of pyridine rings is 1. The molecule has 0 unspecified atom stereocenters. The molecule has 0 aliphatic rings. The van der Waals surface area contributed by atoms with Crippen LogP contribution in [0.15, 0.2) is 77.4 Å². The van der Waals surface area contributed by atoms with Gasteiger partial charge in [0.25, 0.3) is 5.91 Å². The number of aromatic nitrogens is 1. The van der Waals surface area contributed by atoms with Crippen molar-refractivity contribution in [3.63, 3.8) is 0 Å². The number of anilines is 3. The molecule has 0 aliphatic heterocycles. The molecule has 120 valence electrons. The van der Waals surface area contributed by atoms with E-state index in [0.29, 0.717) is 5.69 Å². The summed E-state index contributed by atoms with van der Waals surface area (Å²) in [4.78, 5) is 18.6. The Balaban J connectivity index is 1.81. The van der Waals surface area contributed by atoms with E-state index in [2.05, 4.69) is 26.2 Å². The van der Waals surface area contributed by atoms with Crippen LogP contribution in [0.1, 0.15) is 10.5 Å². The van der Waals surface area contributed by atoms with Gasteiger partial charge in [0.05, 0.1) is 0 Å². The molecule has 0 spiro atoms. The molecule has 0 saturated heterocycles. The van der Waals surface area contributed by atoms with Gasteiger partial charge in [0.15, 0.2) is 0 Å². The zero-order valence-corrected chi connectivity index (χ0v) is 14.7. The third-order valence-electron chi connectivity index (χ3n) is 3.59. The lowest BCUT2D eigenvalue weighted by atomic mass is 10.2. The highest BCUT2D eigenvalue weighted by atomic mass is 79.9. The van der Waals surface area contributed by atoms with Crippen LogP contribution in [0.4, 0.5) is 17.1 Å². The molecule has 0 saturated carbocycles. The van der Waals surface area contributed by atoms with E-state index in [9.17, 15) is 4.79 Å². The lowest BCUT2D eigenvalue weighted by molar-refractivity contribution is 0.102. The number of halogens is 1. The normalized spacial score (nSPS) is 10.2. The first-order valence-electron chi connectivity index (χ1n) is 7.45. The summed E-state index contributed by atoms with van der Waals surface area (Å²) in [6.07, 6.45) is 1.64. The van der Waals surface area contributed by atoms with Crippen molar-refractivity contribution >= 4 is 38.9 Å². The number of amides is 1. The average molecular weight is 382 g/mol. The van der Waals surface area contributed by atoms with Crippen LogP contribution < -0.4 is 10.2 Å². The molecule has 5 heteroatoms. The molecular formula is C19H16BrN3O. The molecule has 24 heavy (non-hydrogen) atoms. The Morgan fingerprint density at radius 3 is 2.54 bits per heavy atom. The molecular weight excluding hydrogens is 366 g/mol. The van der Waals surface area contributed by atoms with Crippen LogP contribution in [-0.2, 0) is 0 Å². The van der Waals surface area contributed by atoms with E-state index in [1.165, 1.54) is 0 Å². The second kappa shape index (κ2) is 7.27. The van der Waals surface area contributed by atoms with E-state index in [-0.39, 0.29) is 5.91 Å². The van der Waals surface area contributed by atoms with Gasteiger partial charge in [-0.15, -0.1) is 0 Å². The van der Waals surface area contributed by atoms with Gasteiger partial charge in [-0.1, -0.05) is 40.2 Å². The van der Waals surface area contributed by atoms with E-state index in [4.69, 9.17) is 0 Å². The Morgan fingerprint density at radius 2 is 1.79 bits per heavy atom. The van der Waals surface area contributed by atoms with E-state index in [1.807, 2.05) is 72.6 Å². The quantitative estimate of drug-likeness (QED) is 0.701. The summed E-state index contributed by atoms with van der Waals surface area (Å²) in [6.45, 7) is 0. The topological polar surface area (TPSA) is 45.2 Å². The van der Waals surface area contributed by atoms with Crippen molar-refractivity contribution in [2.75, 3.05) is 17.3 Å². The number of nitrogens with one attached hydrogen (secondary N) is 1. The molecule has 2 aromatic carbocycles. The Hall–Kier alpha value is -2.66. The minimum atomic E-state index is -0.239. The molecule has 0 bridgehead atoms. The van der Waals surface area contributed by atoms with Crippen LogP contribution >= 0.6 is 15.9 Å². The summed E-state index contributed by atoms with van der Waals surface area (Å²) in [7, 11) is 1.96. The highest BCUT2D eigenvalue weighted by Gasteiger charge is 2.11. The first-order chi connectivity index (χ1) is 11.6. The number of nitrogens with zero attached hydrogens (tertiary/aromatic N) is 2. The third kappa shape index (κ3) is 3.81. The summed E-state index contributed by atoms with van der Waals surface area (Å²) < 4.78 is 0.908. The number of hydrogen-bond acceptors (Lipinski definition) is 3. The van der Waals surface area contributed by atoms with Crippen molar-refractivity contribution in [1.82, 2.24) is 4.98 Å². The Bertz CT molecular complexity index is 852. The van der Waals surface area contributed by atoms with E-state index < -0.39 is 0 Å². The minimum absolute atomic E-state index is 0.239. The predicted molar refractivity (Wildman–Crippen MR) is 101 cm³/mol. The molecule has 1 amide bonds. The molecule has 1 aromatic heterocycles. The molecule has 0 radical (unpaired) electrons. The maximum atomic E-state index is 12.4. The Kier molecular flexibility index (Phi) is 4.91. The minimum Gasteiger partial charge on any atom is -0.345 e. The fraction of sp³-hybridized carbons (Fsp3) is 0.0526. The van der Waals surface area contributed by atoms with Gasteiger partial charge in [-0.05, 0) is 42.5 Å². The molecule has 0 fully saturated rings. The monoisotopic (exact) mass is 381 g/mol. The first kappa shape index (κ1) is 16.2. The predicted octanol–water partition coefficient (Wildman–Crippen LogP) is 4.86. The van der Waals surface area contributed by atoms with Gasteiger partial charge in [-0.3, -0.25) is 9.78 Å². The van der Waals surface area contributed by atoms with Crippen LogP contribution in [0.2, 0.25) is 0 Å². The largest absolute Gasteiger partial charge is 0.345 e. The summed E-state index contributed by atoms with van der Waals surface area (Å²) in [6, 6.07) is 21.1. The highest BCUT2D eigenvalue weighted by molar-refractivity contribution is 9.10. The smallest absolute Gasteiger partial charge is 0.274 e. The average Bonchev–Trinajstić information content (AvgIpc) is 2.62. The number of carbonyl (C=O) groups is 1. The summed E-state index contributed by atoms with van der Waals surface area (Å²) in [5.74, 6) is -0.239. The lowest BCUT2D eigenvalue weighted by Gasteiger charge is -2.19. The van der Waals surface area contributed by atoms with Gasteiger partial charge in [0, 0.05) is 34.8 Å². The van der Waals surface area contributed by atoms with Crippen molar-refractivity contribution in [1.29, 1.82) is 0 Å². The summed E-state index contributed by atoms with van der Waals surface area (Å²) >= 11 is 3.39. The zero-order valence-electron chi connectivity index (χ0n) is 13.1. The van der Waals surface area contributed by atoms with Crippen molar-refractivity contribution in [2.45, 2.75) is 0 Å². The van der Waals surface area contributed by atoms with E-state index in [0.717, 1.165) is 21.5 Å². The standard InChI is InChI=1S/C19H16BrN3O/c1-23(16-8-3-2-4-9-16)17-10-11-21-18(13-17)19(24)22-15-7-5-6-14(20)12-15/h2-13H,1H3,(H,22,24). The molecule has 1 heterocycles.